The molecule has 0 aromatic carbocycles. The van der Waals surface area contributed by atoms with E-state index in [0.29, 0.717) is 19.3 Å². The first-order valence-corrected chi connectivity index (χ1v) is 32.4. The van der Waals surface area contributed by atoms with Gasteiger partial charge in [0, 0.05) is 19.3 Å². The molecule has 0 aliphatic carbocycles. The molecule has 0 fully saturated rings. The van der Waals surface area contributed by atoms with E-state index in [-0.39, 0.29) is 31.1 Å². The van der Waals surface area contributed by atoms with Crippen LogP contribution in [0.5, 0.6) is 0 Å². The monoisotopic (exact) mass is 1050 g/mol. The quantitative estimate of drug-likeness (QED) is 0.0261. The fourth-order valence-electron chi connectivity index (χ4n) is 9.35. The Hall–Kier alpha value is -3.15. The highest BCUT2D eigenvalue weighted by molar-refractivity contribution is 5.71. The Labute approximate surface area is 465 Å². The van der Waals surface area contributed by atoms with Gasteiger partial charge in [-0.25, -0.2) is 0 Å². The normalized spacial score (nSPS) is 12.5. The van der Waals surface area contributed by atoms with Gasteiger partial charge >= 0.3 is 17.9 Å². The third kappa shape index (κ3) is 61.6. The maximum absolute atomic E-state index is 12.9. The van der Waals surface area contributed by atoms with E-state index in [1.54, 1.807) is 0 Å². The summed E-state index contributed by atoms with van der Waals surface area (Å²) in [5.41, 5.74) is 0. The number of rotatable bonds is 59. The molecule has 1 atom stereocenters. The molecule has 0 aromatic heterocycles. The predicted octanol–water partition coefficient (Wildman–Crippen LogP) is 22.1. The highest BCUT2D eigenvalue weighted by Gasteiger charge is 2.19. The van der Waals surface area contributed by atoms with Crippen LogP contribution in [-0.2, 0) is 28.6 Å². The topological polar surface area (TPSA) is 78.9 Å². The third-order valence-electron chi connectivity index (χ3n) is 14.2. The van der Waals surface area contributed by atoms with E-state index >= 15 is 0 Å². The zero-order valence-electron chi connectivity index (χ0n) is 49.8. The van der Waals surface area contributed by atoms with E-state index in [2.05, 4.69) is 93.7 Å². The Morgan fingerprint density at radius 3 is 0.813 bits per heavy atom. The molecule has 6 heteroatoms. The summed E-state index contributed by atoms with van der Waals surface area (Å²) >= 11 is 0. The van der Waals surface area contributed by atoms with Gasteiger partial charge in [0.2, 0.25) is 0 Å². The molecule has 0 aliphatic rings. The number of carbonyl (C=O) groups is 3. The fourth-order valence-corrected chi connectivity index (χ4v) is 9.35. The SMILES string of the molecule is CC/C=C\C/C=C\C/C=C\CCCCCCCCCC(=O)OC(COC(=O)CCCCCCCCCCCCCCC)COC(=O)CCCCCCCCCCCCCC/C=C\C/C=C\C/C=C\CCCCCCC. The van der Waals surface area contributed by atoms with Gasteiger partial charge in [-0.15, -0.1) is 0 Å². The zero-order chi connectivity index (χ0) is 54.3. The van der Waals surface area contributed by atoms with Crippen LogP contribution in [0.3, 0.4) is 0 Å². The van der Waals surface area contributed by atoms with E-state index in [1.807, 2.05) is 0 Å². The minimum atomic E-state index is -0.780. The second kappa shape index (κ2) is 63.4. The van der Waals surface area contributed by atoms with Crippen molar-refractivity contribution >= 4 is 17.9 Å². The van der Waals surface area contributed by atoms with Crippen LogP contribution in [0.4, 0.5) is 0 Å². The van der Waals surface area contributed by atoms with Gasteiger partial charge in [-0.05, 0) is 89.9 Å². The van der Waals surface area contributed by atoms with Crippen molar-refractivity contribution in [3.63, 3.8) is 0 Å². The molecule has 0 heterocycles. The molecule has 0 spiro atoms. The lowest BCUT2D eigenvalue weighted by atomic mass is 10.0. The summed E-state index contributed by atoms with van der Waals surface area (Å²) in [7, 11) is 0. The second-order valence-electron chi connectivity index (χ2n) is 21.6. The van der Waals surface area contributed by atoms with Crippen LogP contribution < -0.4 is 0 Å². The molecule has 434 valence electrons. The van der Waals surface area contributed by atoms with Crippen molar-refractivity contribution in [1.29, 1.82) is 0 Å². The predicted molar refractivity (Wildman–Crippen MR) is 325 cm³/mol. The molecule has 0 amide bonds. The standard InChI is InChI=1S/C69H122O6/c1-4-7-10-13-16-19-22-25-27-29-30-31-32-33-34-35-36-37-38-40-41-44-47-50-53-56-59-62-68(71)74-65-66(64-73-67(70)61-58-55-52-49-46-43-24-21-18-15-12-9-6-3)75-69(72)63-60-57-54-51-48-45-42-39-28-26-23-20-17-14-11-8-5-2/h8,11,17,20,22,25-26,28-30,32-33,66H,4-7,9-10,12-16,18-19,21,23-24,27,31,34-65H2,1-3H3/b11-8-,20-17-,25-22-,28-26-,30-29-,33-32-. The van der Waals surface area contributed by atoms with E-state index in [1.165, 1.54) is 193 Å². The third-order valence-corrected chi connectivity index (χ3v) is 14.2. The van der Waals surface area contributed by atoms with Crippen molar-refractivity contribution in [1.82, 2.24) is 0 Å². The van der Waals surface area contributed by atoms with E-state index in [0.717, 1.165) is 96.3 Å². The Bertz CT molecular complexity index is 1390. The molecule has 6 nitrogen and oxygen atoms in total. The smallest absolute Gasteiger partial charge is 0.306 e. The largest absolute Gasteiger partial charge is 0.462 e. The van der Waals surface area contributed by atoms with Gasteiger partial charge in [-0.2, -0.15) is 0 Å². The number of ether oxygens (including phenoxy) is 3. The van der Waals surface area contributed by atoms with Gasteiger partial charge in [0.1, 0.15) is 13.2 Å². The molecule has 75 heavy (non-hydrogen) atoms. The van der Waals surface area contributed by atoms with Gasteiger partial charge in [0.25, 0.3) is 0 Å². The Kier molecular flexibility index (Phi) is 60.7. The average Bonchev–Trinajstić information content (AvgIpc) is 3.41. The Morgan fingerprint density at radius 2 is 0.520 bits per heavy atom. The summed E-state index contributed by atoms with van der Waals surface area (Å²) in [4.78, 5) is 38.3. The first-order chi connectivity index (χ1) is 37.0. The summed E-state index contributed by atoms with van der Waals surface area (Å²) in [5.74, 6) is -0.873. The molecule has 0 aromatic rings. The zero-order valence-corrected chi connectivity index (χ0v) is 49.8. The number of unbranched alkanes of at least 4 members (excludes halogenated alkanes) is 36. The first-order valence-electron chi connectivity index (χ1n) is 32.4. The molecule has 1 unspecified atom stereocenters. The van der Waals surface area contributed by atoms with E-state index in [4.69, 9.17) is 14.2 Å². The Morgan fingerprint density at radius 1 is 0.280 bits per heavy atom. The summed E-state index contributed by atoms with van der Waals surface area (Å²) in [6.07, 6.45) is 81.9. The van der Waals surface area contributed by atoms with Crippen LogP contribution in [0.15, 0.2) is 72.9 Å². The molecule has 0 rings (SSSR count). The van der Waals surface area contributed by atoms with Crippen LogP contribution in [0, 0.1) is 0 Å². The van der Waals surface area contributed by atoms with Crippen molar-refractivity contribution in [3.8, 4) is 0 Å². The highest BCUT2D eigenvalue weighted by atomic mass is 16.6. The molecule has 0 aliphatic heterocycles. The summed E-state index contributed by atoms with van der Waals surface area (Å²) in [6.45, 7) is 6.55. The van der Waals surface area contributed by atoms with Gasteiger partial charge in [0.05, 0.1) is 0 Å². The lowest BCUT2D eigenvalue weighted by Crippen LogP contribution is -2.30. The molecule has 0 N–H and O–H groups in total. The summed E-state index contributed by atoms with van der Waals surface area (Å²) in [5, 5.41) is 0. The summed E-state index contributed by atoms with van der Waals surface area (Å²) in [6, 6.07) is 0. The fraction of sp³-hybridized carbons (Fsp3) is 0.783. The van der Waals surface area contributed by atoms with Gasteiger partial charge < -0.3 is 14.2 Å². The highest BCUT2D eigenvalue weighted by Crippen LogP contribution is 2.17. The van der Waals surface area contributed by atoms with Gasteiger partial charge in [0.15, 0.2) is 6.10 Å². The minimum Gasteiger partial charge on any atom is -0.462 e. The second-order valence-corrected chi connectivity index (χ2v) is 21.6. The molecule has 0 saturated carbocycles. The molecular weight excluding hydrogens is 925 g/mol. The Balaban J connectivity index is 4.27. The lowest BCUT2D eigenvalue weighted by molar-refractivity contribution is -0.167. The van der Waals surface area contributed by atoms with E-state index in [9.17, 15) is 14.4 Å². The lowest BCUT2D eigenvalue weighted by Gasteiger charge is -2.18. The van der Waals surface area contributed by atoms with Crippen molar-refractivity contribution in [2.75, 3.05) is 13.2 Å². The van der Waals surface area contributed by atoms with Gasteiger partial charge in [-0.1, -0.05) is 293 Å². The number of esters is 3. The number of allylic oxidation sites excluding steroid dienone is 12. The number of carbonyl (C=O) groups excluding carboxylic acids is 3. The van der Waals surface area contributed by atoms with Crippen molar-refractivity contribution in [2.45, 2.75) is 335 Å². The van der Waals surface area contributed by atoms with Crippen LogP contribution in [0.1, 0.15) is 329 Å². The summed E-state index contributed by atoms with van der Waals surface area (Å²) < 4.78 is 16.9. The van der Waals surface area contributed by atoms with Gasteiger partial charge in [-0.3, -0.25) is 14.4 Å². The van der Waals surface area contributed by atoms with Crippen LogP contribution in [0.2, 0.25) is 0 Å². The molecule has 0 saturated heterocycles. The van der Waals surface area contributed by atoms with E-state index < -0.39 is 6.10 Å². The van der Waals surface area contributed by atoms with Crippen LogP contribution in [-0.4, -0.2) is 37.2 Å². The molecular formula is C69H122O6. The average molecular weight is 1050 g/mol. The number of hydrogen-bond acceptors (Lipinski definition) is 6. The van der Waals surface area contributed by atoms with Crippen molar-refractivity contribution in [2.24, 2.45) is 0 Å². The van der Waals surface area contributed by atoms with Crippen LogP contribution in [0.25, 0.3) is 0 Å². The maximum Gasteiger partial charge on any atom is 0.306 e. The maximum atomic E-state index is 12.9. The molecule has 0 radical (unpaired) electrons. The molecule has 0 bridgehead atoms. The van der Waals surface area contributed by atoms with Crippen molar-refractivity contribution < 1.29 is 28.6 Å². The number of hydrogen-bond donors (Lipinski definition) is 0. The van der Waals surface area contributed by atoms with Crippen molar-refractivity contribution in [3.05, 3.63) is 72.9 Å². The minimum absolute atomic E-state index is 0.0767. The first kappa shape index (κ1) is 71.8. The van der Waals surface area contributed by atoms with Crippen LogP contribution >= 0.6 is 0 Å².